The Balaban J connectivity index is 2.07. The average molecular weight is 306 g/mol. The molecule has 2 heterocycles. The molecule has 1 amide bonds. The third-order valence-electron chi connectivity index (χ3n) is 2.65. The molecular weight excluding hydrogens is 290 g/mol. The van der Waals surface area contributed by atoms with E-state index in [1.807, 2.05) is 19.9 Å². The lowest BCUT2D eigenvalue weighted by atomic mass is 10.2. The van der Waals surface area contributed by atoms with Gasteiger partial charge in [0.1, 0.15) is 0 Å². The van der Waals surface area contributed by atoms with E-state index in [4.69, 9.17) is 16.3 Å². The van der Waals surface area contributed by atoms with Crippen LogP contribution in [0.2, 0.25) is 5.02 Å². The van der Waals surface area contributed by atoms with Crippen molar-refractivity contribution in [1.29, 1.82) is 0 Å². The molecule has 6 heteroatoms. The van der Waals surface area contributed by atoms with Crippen LogP contribution in [0.3, 0.4) is 0 Å². The van der Waals surface area contributed by atoms with E-state index >= 15 is 0 Å². The van der Waals surface area contributed by atoms with Gasteiger partial charge in [-0.2, -0.15) is 0 Å². The summed E-state index contributed by atoms with van der Waals surface area (Å²) in [7, 11) is 0. The maximum absolute atomic E-state index is 12.1. The largest absolute Gasteiger partial charge is 0.475 e. The first kappa shape index (κ1) is 15.3. The molecule has 0 radical (unpaired) electrons. The molecule has 0 aliphatic heterocycles. The molecule has 0 aromatic carbocycles. The van der Waals surface area contributed by atoms with E-state index in [0.717, 1.165) is 5.56 Å². The van der Waals surface area contributed by atoms with Crippen molar-refractivity contribution in [1.82, 2.24) is 15.3 Å². The zero-order valence-electron chi connectivity index (χ0n) is 11.8. The van der Waals surface area contributed by atoms with Gasteiger partial charge in [-0.15, -0.1) is 0 Å². The van der Waals surface area contributed by atoms with E-state index in [9.17, 15) is 4.79 Å². The molecule has 0 unspecified atom stereocenters. The molecule has 0 fully saturated rings. The van der Waals surface area contributed by atoms with E-state index in [1.165, 1.54) is 12.4 Å². The monoisotopic (exact) mass is 305 g/mol. The molecule has 2 aromatic heterocycles. The first-order chi connectivity index (χ1) is 10.1. The van der Waals surface area contributed by atoms with Gasteiger partial charge in [0.2, 0.25) is 5.88 Å². The molecule has 0 aliphatic rings. The second-order valence-electron chi connectivity index (χ2n) is 4.67. The number of carbonyl (C=O) groups is 1. The fourth-order valence-electron chi connectivity index (χ4n) is 1.72. The number of aromatic nitrogens is 2. The lowest BCUT2D eigenvalue weighted by Crippen LogP contribution is -2.24. The number of hydrogen-bond acceptors (Lipinski definition) is 4. The number of hydrogen-bond donors (Lipinski definition) is 1. The van der Waals surface area contributed by atoms with Gasteiger partial charge in [-0.1, -0.05) is 17.7 Å². The Hall–Kier alpha value is -2.14. The van der Waals surface area contributed by atoms with Crippen LogP contribution in [0.1, 0.15) is 29.8 Å². The van der Waals surface area contributed by atoms with Gasteiger partial charge in [0.15, 0.2) is 0 Å². The van der Waals surface area contributed by atoms with Crippen LogP contribution in [-0.4, -0.2) is 22.0 Å². The van der Waals surface area contributed by atoms with Crippen molar-refractivity contribution < 1.29 is 9.53 Å². The van der Waals surface area contributed by atoms with Gasteiger partial charge >= 0.3 is 0 Å². The number of halogens is 1. The SMILES string of the molecule is CC(C)Oc1ncccc1CNC(=O)c1ccncc1Cl. The zero-order valence-corrected chi connectivity index (χ0v) is 12.6. The number of ether oxygens (including phenoxy) is 1. The maximum Gasteiger partial charge on any atom is 0.253 e. The number of carbonyl (C=O) groups excluding carboxylic acids is 1. The van der Waals surface area contributed by atoms with Crippen LogP contribution in [0.15, 0.2) is 36.8 Å². The van der Waals surface area contributed by atoms with Crippen molar-refractivity contribution in [2.75, 3.05) is 0 Å². The van der Waals surface area contributed by atoms with E-state index in [1.54, 1.807) is 18.3 Å². The quantitative estimate of drug-likeness (QED) is 0.922. The molecule has 0 aliphatic carbocycles. The summed E-state index contributed by atoms with van der Waals surface area (Å²) in [4.78, 5) is 20.1. The predicted molar refractivity (Wildman–Crippen MR) is 80.4 cm³/mol. The minimum Gasteiger partial charge on any atom is -0.475 e. The summed E-state index contributed by atoms with van der Waals surface area (Å²) in [5.74, 6) is 0.260. The van der Waals surface area contributed by atoms with Gasteiger partial charge in [-0.05, 0) is 26.0 Å². The van der Waals surface area contributed by atoms with E-state index in [2.05, 4.69) is 15.3 Å². The number of pyridine rings is 2. The van der Waals surface area contributed by atoms with Crippen LogP contribution >= 0.6 is 11.6 Å². The fraction of sp³-hybridized carbons (Fsp3) is 0.267. The van der Waals surface area contributed by atoms with Crippen molar-refractivity contribution in [2.24, 2.45) is 0 Å². The molecule has 110 valence electrons. The highest BCUT2D eigenvalue weighted by Gasteiger charge is 2.12. The molecule has 0 bridgehead atoms. The van der Waals surface area contributed by atoms with E-state index in [0.29, 0.717) is 23.0 Å². The Morgan fingerprint density at radius 1 is 1.38 bits per heavy atom. The molecule has 0 saturated heterocycles. The first-order valence-electron chi connectivity index (χ1n) is 6.56. The highest BCUT2D eigenvalue weighted by molar-refractivity contribution is 6.33. The van der Waals surface area contributed by atoms with Crippen molar-refractivity contribution in [3.63, 3.8) is 0 Å². The highest BCUT2D eigenvalue weighted by atomic mass is 35.5. The molecule has 1 N–H and O–H groups in total. The van der Waals surface area contributed by atoms with Crippen molar-refractivity contribution in [2.45, 2.75) is 26.5 Å². The van der Waals surface area contributed by atoms with Gasteiger partial charge in [0, 0.05) is 30.7 Å². The highest BCUT2D eigenvalue weighted by Crippen LogP contribution is 2.17. The average Bonchev–Trinajstić information content (AvgIpc) is 2.46. The smallest absolute Gasteiger partial charge is 0.253 e. The fourth-order valence-corrected chi connectivity index (χ4v) is 1.92. The Morgan fingerprint density at radius 3 is 2.90 bits per heavy atom. The first-order valence-corrected chi connectivity index (χ1v) is 6.94. The van der Waals surface area contributed by atoms with Gasteiger partial charge in [-0.25, -0.2) is 4.98 Å². The lowest BCUT2D eigenvalue weighted by molar-refractivity contribution is 0.0950. The van der Waals surface area contributed by atoms with Crippen molar-refractivity contribution in [3.05, 3.63) is 52.9 Å². The predicted octanol–water partition coefficient (Wildman–Crippen LogP) is 2.85. The Kier molecular flexibility index (Phi) is 5.11. The summed E-state index contributed by atoms with van der Waals surface area (Å²) in [5, 5.41) is 3.12. The molecule has 0 spiro atoms. The molecule has 2 rings (SSSR count). The number of nitrogens with one attached hydrogen (secondary N) is 1. The van der Waals surface area contributed by atoms with E-state index in [-0.39, 0.29) is 12.0 Å². The Labute approximate surface area is 128 Å². The van der Waals surface area contributed by atoms with E-state index < -0.39 is 0 Å². The third-order valence-corrected chi connectivity index (χ3v) is 2.95. The molecule has 0 saturated carbocycles. The van der Waals surface area contributed by atoms with Gasteiger partial charge in [0.25, 0.3) is 5.91 Å². The van der Waals surface area contributed by atoms with Crippen LogP contribution in [0.4, 0.5) is 0 Å². The number of rotatable bonds is 5. The molecular formula is C15H16ClN3O2. The van der Waals surface area contributed by atoms with Crippen LogP contribution in [0.5, 0.6) is 5.88 Å². The maximum atomic E-state index is 12.1. The van der Waals surface area contributed by atoms with Crippen LogP contribution in [0.25, 0.3) is 0 Å². The normalized spacial score (nSPS) is 10.5. The Morgan fingerprint density at radius 2 is 2.19 bits per heavy atom. The van der Waals surface area contributed by atoms with Gasteiger partial charge in [-0.3, -0.25) is 9.78 Å². The lowest BCUT2D eigenvalue weighted by Gasteiger charge is -2.13. The molecule has 2 aromatic rings. The van der Waals surface area contributed by atoms with Gasteiger partial charge < -0.3 is 10.1 Å². The number of nitrogens with zero attached hydrogens (tertiary/aromatic N) is 2. The summed E-state index contributed by atoms with van der Waals surface area (Å²) in [6.45, 7) is 4.16. The summed E-state index contributed by atoms with van der Waals surface area (Å²) >= 11 is 5.94. The summed E-state index contributed by atoms with van der Waals surface area (Å²) in [5.41, 5.74) is 1.20. The molecule has 5 nitrogen and oxygen atoms in total. The topological polar surface area (TPSA) is 64.1 Å². The zero-order chi connectivity index (χ0) is 15.2. The van der Waals surface area contributed by atoms with Crippen molar-refractivity contribution >= 4 is 17.5 Å². The summed E-state index contributed by atoms with van der Waals surface area (Å²) in [6, 6.07) is 5.24. The molecule has 21 heavy (non-hydrogen) atoms. The Bertz CT molecular complexity index is 632. The minimum absolute atomic E-state index is 0.0176. The molecule has 0 atom stereocenters. The number of amides is 1. The second kappa shape index (κ2) is 7.04. The van der Waals surface area contributed by atoms with Crippen LogP contribution < -0.4 is 10.1 Å². The minimum atomic E-state index is -0.262. The third kappa shape index (κ3) is 4.16. The van der Waals surface area contributed by atoms with Gasteiger partial charge in [0.05, 0.1) is 16.7 Å². The standard InChI is InChI=1S/C15H16ClN3O2/c1-10(2)21-15-11(4-3-6-18-15)8-19-14(20)12-5-7-17-9-13(12)16/h3-7,9-10H,8H2,1-2H3,(H,19,20). The summed E-state index contributed by atoms with van der Waals surface area (Å²) in [6.07, 6.45) is 4.64. The summed E-state index contributed by atoms with van der Waals surface area (Å²) < 4.78 is 5.61. The van der Waals surface area contributed by atoms with Crippen molar-refractivity contribution in [3.8, 4) is 5.88 Å². The van der Waals surface area contributed by atoms with Crippen LogP contribution in [-0.2, 0) is 6.54 Å². The van der Waals surface area contributed by atoms with Crippen LogP contribution in [0, 0.1) is 0 Å². The second-order valence-corrected chi connectivity index (χ2v) is 5.08.